The van der Waals surface area contributed by atoms with Crippen molar-refractivity contribution in [3.63, 3.8) is 0 Å². The predicted molar refractivity (Wildman–Crippen MR) is 68.7 cm³/mol. The summed E-state index contributed by atoms with van der Waals surface area (Å²) in [7, 11) is 0. The number of carboxylic acids is 1. The summed E-state index contributed by atoms with van der Waals surface area (Å²) in [6, 6.07) is 4.72. The number of nitrogens with one attached hydrogen (secondary N) is 1. The molecule has 0 saturated carbocycles. The molecule has 1 unspecified atom stereocenters. The molecule has 6 heteroatoms. The molecule has 1 aromatic rings. The number of aromatic carboxylic acids is 1. The second-order valence-electron chi connectivity index (χ2n) is 4.04. The molecule has 0 bridgehead atoms. The van der Waals surface area contributed by atoms with Crippen LogP contribution in [0.2, 0.25) is 0 Å². The van der Waals surface area contributed by atoms with Crippen LogP contribution in [-0.4, -0.2) is 30.2 Å². The van der Waals surface area contributed by atoms with Crippen molar-refractivity contribution >= 4 is 33.5 Å². The summed E-state index contributed by atoms with van der Waals surface area (Å²) in [5.41, 5.74) is 0.374. The smallest absolute Gasteiger partial charge is 0.337 e. The lowest BCUT2D eigenvalue weighted by molar-refractivity contribution is -0.119. The Balaban J connectivity index is 2.17. The quantitative estimate of drug-likeness (QED) is 0.896. The summed E-state index contributed by atoms with van der Waals surface area (Å²) in [6.07, 6.45) is 0.671. The summed E-state index contributed by atoms with van der Waals surface area (Å²) in [5.74, 6) is -1.47. The van der Waals surface area contributed by atoms with Gasteiger partial charge < -0.3 is 15.2 Å². The molecule has 1 aromatic carbocycles. The molecule has 1 atom stereocenters. The SMILES string of the molecule is O=C(O)c1cc(Br)ccc1NC(=O)C1CCOC1. The maximum absolute atomic E-state index is 11.9. The van der Waals surface area contributed by atoms with Gasteiger partial charge in [-0.2, -0.15) is 0 Å². The normalized spacial score (nSPS) is 18.6. The first kappa shape index (κ1) is 13.0. The molecule has 2 N–H and O–H groups in total. The van der Waals surface area contributed by atoms with Gasteiger partial charge in [0.15, 0.2) is 0 Å². The van der Waals surface area contributed by atoms with E-state index >= 15 is 0 Å². The molecule has 1 saturated heterocycles. The lowest BCUT2D eigenvalue weighted by Gasteiger charge is -2.11. The zero-order valence-corrected chi connectivity index (χ0v) is 11.1. The van der Waals surface area contributed by atoms with Gasteiger partial charge in [-0.15, -0.1) is 0 Å². The van der Waals surface area contributed by atoms with Crippen LogP contribution in [0.25, 0.3) is 0 Å². The second-order valence-corrected chi connectivity index (χ2v) is 4.96. The third-order valence-electron chi connectivity index (χ3n) is 2.77. The second kappa shape index (κ2) is 5.49. The van der Waals surface area contributed by atoms with Crippen LogP contribution in [0.5, 0.6) is 0 Å². The van der Waals surface area contributed by atoms with Gasteiger partial charge in [0, 0.05) is 11.1 Å². The average molecular weight is 314 g/mol. The van der Waals surface area contributed by atoms with Crippen LogP contribution in [0.3, 0.4) is 0 Å². The minimum absolute atomic E-state index is 0.0663. The number of carbonyl (C=O) groups excluding carboxylic acids is 1. The van der Waals surface area contributed by atoms with Gasteiger partial charge >= 0.3 is 5.97 Å². The fourth-order valence-corrected chi connectivity index (χ4v) is 2.14. The largest absolute Gasteiger partial charge is 0.478 e. The molecule has 0 radical (unpaired) electrons. The molecule has 0 aromatic heterocycles. The molecule has 1 fully saturated rings. The van der Waals surface area contributed by atoms with E-state index in [1.807, 2.05) is 0 Å². The van der Waals surface area contributed by atoms with Crippen LogP contribution in [0.1, 0.15) is 16.8 Å². The highest BCUT2D eigenvalue weighted by Gasteiger charge is 2.24. The van der Waals surface area contributed by atoms with Crippen molar-refractivity contribution in [2.75, 3.05) is 18.5 Å². The Morgan fingerprint density at radius 3 is 2.83 bits per heavy atom. The van der Waals surface area contributed by atoms with Crippen LogP contribution >= 0.6 is 15.9 Å². The van der Waals surface area contributed by atoms with Gasteiger partial charge in [-0.05, 0) is 24.6 Å². The predicted octanol–water partition coefficient (Wildman–Crippen LogP) is 2.12. The molecule has 5 nitrogen and oxygen atoms in total. The first-order valence-corrected chi connectivity index (χ1v) is 6.28. The van der Waals surface area contributed by atoms with Crippen LogP contribution in [0, 0.1) is 5.92 Å². The number of halogens is 1. The van der Waals surface area contributed by atoms with Crippen LogP contribution in [0.15, 0.2) is 22.7 Å². The molecule has 1 aliphatic rings. The third kappa shape index (κ3) is 2.88. The fourth-order valence-electron chi connectivity index (χ4n) is 1.78. The van der Waals surface area contributed by atoms with E-state index in [0.29, 0.717) is 29.8 Å². The average Bonchev–Trinajstić information content (AvgIpc) is 2.84. The van der Waals surface area contributed by atoms with E-state index in [1.165, 1.54) is 6.07 Å². The highest BCUT2D eigenvalue weighted by Crippen LogP contribution is 2.23. The Hall–Kier alpha value is -1.40. The standard InChI is InChI=1S/C12H12BrNO4/c13-8-1-2-10(9(5-8)12(16)17)14-11(15)7-3-4-18-6-7/h1-2,5,7H,3-4,6H2,(H,14,15)(H,16,17). The Morgan fingerprint density at radius 2 is 2.22 bits per heavy atom. The highest BCUT2D eigenvalue weighted by molar-refractivity contribution is 9.10. The molecule has 1 heterocycles. The first-order valence-electron chi connectivity index (χ1n) is 5.49. The van der Waals surface area contributed by atoms with Gasteiger partial charge in [-0.25, -0.2) is 4.79 Å². The van der Waals surface area contributed by atoms with Gasteiger partial charge in [-0.3, -0.25) is 4.79 Å². The number of carbonyl (C=O) groups is 2. The molecule has 18 heavy (non-hydrogen) atoms. The highest BCUT2D eigenvalue weighted by atomic mass is 79.9. The van der Waals surface area contributed by atoms with Gasteiger partial charge in [-0.1, -0.05) is 15.9 Å². The molecule has 2 rings (SSSR count). The number of benzene rings is 1. The molecule has 96 valence electrons. The Morgan fingerprint density at radius 1 is 1.44 bits per heavy atom. The van der Waals surface area contributed by atoms with Gasteiger partial charge in [0.2, 0.25) is 5.91 Å². The number of amides is 1. The molecule has 1 amide bonds. The lowest BCUT2D eigenvalue weighted by Crippen LogP contribution is -2.24. The summed E-state index contributed by atoms with van der Waals surface area (Å²) in [5, 5.41) is 11.7. The van der Waals surface area contributed by atoms with E-state index < -0.39 is 5.97 Å². The Bertz CT molecular complexity index is 483. The summed E-state index contributed by atoms with van der Waals surface area (Å²) < 4.78 is 5.78. The Kier molecular flexibility index (Phi) is 3.98. The van der Waals surface area contributed by atoms with Crippen LogP contribution in [0.4, 0.5) is 5.69 Å². The molecule has 1 aliphatic heterocycles. The van der Waals surface area contributed by atoms with E-state index in [4.69, 9.17) is 9.84 Å². The maximum Gasteiger partial charge on any atom is 0.337 e. The van der Waals surface area contributed by atoms with Crippen molar-refractivity contribution in [2.45, 2.75) is 6.42 Å². The van der Waals surface area contributed by atoms with E-state index in [9.17, 15) is 9.59 Å². The minimum atomic E-state index is -1.07. The number of hydrogen-bond acceptors (Lipinski definition) is 3. The lowest BCUT2D eigenvalue weighted by atomic mass is 10.1. The van der Waals surface area contributed by atoms with Crippen LogP contribution < -0.4 is 5.32 Å². The number of ether oxygens (including phenoxy) is 1. The summed E-state index contributed by atoms with van der Waals surface area (Å²) >= 11 is 3.20. The topological polar surface area (TPSA) is 75.6 Å². The number of rotatable bonds is 3. The van der Waals surface area contributed by atoms with Gasteiger partial charge in [0.1, 0.15) is 0 Å². The van der Waals surface area contributed by atoms with E-state index in [2.05, 4.69) is 21.2 Å². The zero-order chi connectivity index (χ0) is 13.1. The van der Waals surface area contributed by atoms with Crippen molar-refractivity contribution in [3.05, 3.63) is 28.2 Å². The van der Waals surface area contributed by atoms with Crippen molar-refractivity contribution in [2.24, 2.45) is 5.92 Å². The maximum atomic E-state index is 11.9. The molecule has 0 spiro atoms. The van der Waals surface area contributed by atoms with Crippen molar-refractivity contribution < 1.29 is 19.4 Å². The minimum Gasteiger partial charge on any atom is -0.478 e. The molecular weight excluding hydrogens is 302 g/mol. The fraction of sp³-hybridized carbons (Fsp3) is 0.333. The van der Waals surface area contributed by atoms with Crippen molar-refractivity contribution in [3.8, 4) is 0 Å². The van der Waals surface area contributed by atoms with Gasteiger partial charge in [0.25, 0.3) is 0 Å². The first-order chi connectivity index (χ1) is 8.58. The van der Waals surface area contributed by atoms with Gasteiger partial charge in [0.05, 0.1) is 23.8 Å². The number of carboxylic acid groups (broad SMARTS) is 1. The summed E-state index contributed by atoms with van der Waals surface area (Å²) in [6.45, 7) is 0.967. The van der Waals surface area contributed by atoms with Crippen molar-refractivity contribution in [1.29, 1.82) is 0 Å². The molecular formula is C12H12BrNO4. The van der Waals surface area contributed by atoms with E-state index in [0.717, 1.165) is 0 Å². The van der Waals surface area contributed by atoms with Crippen LogP contribution in [-0.2, 0) is 9.53 Å². The molecule has 0 aliphatic carbocycles. The Labute approximate surface area is 112 Å². The van der Waals surface area contributed by atoms with Crippen molar-refractivity contribution in [1.82, 2.24) is 0 Å². The van der Waals surface area contributed by atoms with E-state index in [-0.39, 0.29) is 17.4 Å². The summed E-state index contributed by atoms with van der Waals surface area (Å²) in [4.78, 5) is 23.0. The zero-order valence-electron chi connectivity index (χ0n) is 9.48. The van der Waals surface area contributed by atoms with E-state index in [1.54, 1.807) is 12.1 Å². The third-order valence-corrected chi connectivity index (χ3v) is 3.26. The number of anilines is 1. The number of hydrogen-bond donors (Lipinski definition) is 2. The monoisotopic (exact) mass is 313 g/mol.